The SMILES string of the molecule is CCCNc1ccc(O)c(Cl)c1. The number of hydrogen-bond acceptors (Lipinski definition) is 2. The molecule has 1 aromatic rings. The number of rotatable bonds is 3. The van der Waals surface area contributed by atoms with E-state index in [1.54, 1.807) is 18.2 Å². The van der Waals surface area contributed by atoms with Crippen molar-refractivity contribution in [3.63, 3.8) is 0 Å². The Labute approximate surface area is 77.2 Å². The molecular formula is C9H12ClNO. The molecule has 2 N–H and O–H groups in total. The molecule has 0 aliphatic rings. The largest absolute Gasteiger partial charge is 0.506 e. The van der Waals surface area contributed by atoms with E-state index in [0.29, 0.717) is 5.02 Å². The number of benzene rings is 1. The first-order chi connectivity index (χ1) is 5.74. The second kappa shape index (κ2) is 4.21. The molecule has 3 heteroatoms. The minimum absolute atomic E-state index is 0.124. The van der Waals surface area contributed by atoms with Crippen LogP contribution in [0.25, 0.3) is 0 Å². The molecule has 1 rings (SSSR count). The van der Waals surface area contributed by atoms with Gasteiger partial charge < -0.3 is 10.4 Å². The summed E-state index contributed by atoms with van der Waals surface area (Å²) in [6.07, 6.45) is 1.07. The molecule has 2 nitrogen and oxygen atoms in total. The number of phenols is 1. The first kappa shape index (κ1) is 9.20. The van der Waals surface area contributed by atoms with Crippen molar-refractivity contribution in [2.45, 2.75) is 13.3 Å². The highest BCUT2D eigenvalue weighted by atomic mass is 35.5. The molecule has 0 saturated heterocycles. The van der Waals surface area contributed by atoms with E-state index in [2.05, 4.69) is 12.2 Å². The minimum atomic E-state index is 0.124. The summed E-state index contributed by atoms with van der Waals surface area (Å²) in [7, 11) is 0. The Hall–Kier alpha value is -0.890. The van der Waals surface area contributed by atoms with E-state index in [0.717, 1.165) is 18.7 Å². The summed E-state index contributed by atoms with van der Waals surface area (Å²) in [5.74, 6) is 0.124. The standard InChI is InChI=1S/C9H12ClNO/c1-2-5-11-7-3-4-9(12)8(10)6-7/h3-4,6,11-12H,2,5H2,1H3. The second-order valence-corrected chi connectivity index (χ2v) is 3.00. The number of anilines is 1. The summed E-state index contributed by atoms with van der Waals surface area (Å²) < 4.78 is 0. The zero-order valence-electron chi connectivity index (χ0n) is 6.97. The number of nitrogens with one attached hydrogen (secondary N) is 1. The number of phenolic OH excluding ortho intramolecular Hbond substituents is 1. The molecule has 0 aliphatic carbocycles. The third-order valence-corrected chi connectivity index (χ3v) is 1.83. The third-order valence-electron chi connectivity index (χ3n) is 1.53. The summed E-state index contributed by atoms with van der Waals surface area (Å²) in [5.41, 5.74) is 0.944. The van der Waals surface area contributed by atoms with Gasteiger partial charge in [0.15, 0.2) is 0 Å². The van der Waals surface area contributed by atoms with Gasteiger partial charge in [-0.15, -0.1) is 0 Å². The van der Waals surface area contributed by atoms with Crippen molar-refractivity contribution in [2.75, 3.05) is 11.9 Å². The highest BCUT2D eigenvalue weighted by molar-refractivity contribution is 6.32. The number of halogens is 1. The monoisotopic (exact) mass is 185 g/mol. The fourth-order valence-corrected chi connectivity index (χ4v) is 1.07. The van der Waals surface area contributed by atoms with Crippen LogP contribution in [0.4, 0.5) is 5.69 Å². The molecule has 0 atom stereocenters. The van der Waals surface area contributed by atoms with Gasteiger partial charge >= 0.3 is 0 Å². The molecule has 0 saturated carbocycles. The van der Waals surface area contributed by atoms with E-state index in [9.17, 15) is 0 Å². The third kappa shape index (κ3) is 2.31. The lowest BCUT2D eigenvalue weighted by Crippen LogP contribution is -1.98. The zero-order valence-corrected chi connectivity index (χ0v) is 7.73. The average molecular weight is 186 g/mol. The first-order valence-electron chi connectivity index (χ1n) is 3.96. The van der Waals surface area contributed by atoms with E-state index in [1.807, 2.05) is 0 Å². The topological polar surface area (TPSA) is 32.3 Å². The van der Waals surface area contributed by atoms with Crippen molar-refractivity contribution in [3.8, 4) is 5.75 Å². The molecule has 1 aromatic carbocycles. The molecule has 0 amide bonds. The van der Waals surface area contributed by atoms with E-state index in [-0.39, 0.29) is 5.75 Å². The van der Waals surface area contributed by atoms with Gasteiger partial charge in [-0.2, -0.15) is 0 Å². The van der Waals surface area contributed by atoms with Gasteiger partial charge in [-0.25, -0.2) is 0 Å². The highest BCUT2D eigenvalue weighted by Gasteiger charge is 1.97. The normalized spacial score (nSPS) is 9.83. The fourth-order valence-electron chi connectivity index (χ4n) is 0.886. The van der Waals surface area contributed by atoms with E-state index in [1.165, 1.54) is 0 Å². The lowest BCUT2D eigenvalue weighted by atomic mass is 10.3. The van der Waals surface area contributed by atoms with Crippen LogP contribution >= 0.6 is 11.6 Å². The van der Waals surface area contributed by atoms with Crippen molar-refractivity contribution in [1.29, 1.82) is 0 Å². The summed E-state index contributed by atoms with van der Waals surface area (Å²) >= 11 is 5.70. The van der Waals surface area contributed by atoms with Crippen LogP contribution in [0.2, 0.25) is 5.02 Å². The molecule has 0 spiro atoms. The van der Waals surface area contributed by atoms with E-state index < -0.39 is 0 Å². The van der Waals surface area contributed by atoms with E-state index >= 15 is 0 Å². The van der Waals surface area contributed by atoms with Gasteiger partial charge in [0.2, 0.25) is 0 Å². The summed E-state index contributed by atoms with van der Waals surface area (Å²) in [4.78, 5) is 0. The van der Waals surface area contributed by atoms with Gasteiger partial charge in [0, 0.05) is 12.2 Å². The summed E-state index contributed by atoms with van der Waals surface area (Å²) in [5, 5.41) is 12.7. The van der Waals surface area contributed by atoms with Crippen molar-refractivity contribution in [3.05, 3.63) is 23.2 Å². The van der Waals surface area contributed by atoms with Crippen LogP contribution in [0.15, 0.2) is 18.2 Å². The highest BCUT2D eigenvalue weighted by Crippen LogP contribution is 2.25. The first-order valence-corrected chi connectivity index (χ1v) is 4.34. The van der Waals surface area contributed by atoms with Crippen LogP contribution in [-0.4, -0.2) is 11.7 Å². The smallest absolute Gasteiger partial charge is 0.134 e. The lowest BCUT2D eigenvalue weighted by molar-refractivity contribution is 0.475. The zero-order chi connectivity index (χ0) is 8.97. The predicted molar refractivity (Wildman–Crippen MR) is 51.9 cm³/mol. The molecule has 0 aliphatic heterocycles. The van der Waals surface area contributed by atoms with Gasteiger partial charge in [-0.05, 0) is 24.6 Å². The second-order valence-electron chi connectivity index (χ2n) is 2.59. The van der Waals surface area contributed by atoms with Crippen LogP contribution in [0.5, 0.6) is 5.75 Å². The van der Waals surface area contributed by atoms with Gasteiger partial charge in [-0.3, -0.25) is 0 Å². The Morgan fingerprint density at radius 1 is 1.50 bits per heavy atom. The lowest BCUT2D eigenvalue weighted by Gasteiger charge is -2.05. The Balaban J connectivity index is 2.69. The maximum absolute atomic E-state index is 9.11. The molecule has 0 unspecified atom stereocenters. The molecule has 0 heterocycles. The Morgan fingerprint density at radius 3 is 2.83 bits per heavy atom. The van der Waals surface area contributed by atoms with Crippen molar-refractivity contribution < 1.29 is 5.11 Å². The average Bonchev–Trinajstić information content (AvgIpc) is 2.07. The Kier molecular flexibility index (Phi) is 3.23. The van der Waals surface area contributed by atoms with Crippen LogP contribution in [0.1, 0.15) is 13.3 Å². The summed E-state index contributed by atoms with van der Waals surface area (Å²) in [6, 6.07) is 5.10. The predicted octanol–water partition coefficient (Wildman–Crippen LogP) is 2.87. The molecule has 0 aromatic heterocycles. The van der Waals surface area contributed by atoms with Crippen LogP contribution in [-0.2, 0) is 0 Å². The maximum Gasteiger partial charge on any atom is 0.134 e. The van der Waals surface area contributed by atoms with Crippen LogP contribution in [0, 0.1) is 0 Å². The van der Waals surface area contributed by atoms with Gasteiger partial charge in [0.1, 0.15) is 5.75 Å². The Morgan fingerprint density at radius 2 is 2.25 bits per heavy atom. The number of aromatic hydroxyl groups is 1. The summed E-state index contributed by atoms with van der Waals surface area (Å²) in [6.45, 7) is 3.01. The number of hydrogen-bond donors (Lipinski definition) is 2. The molecule has 66 valence electrons. The van der Waals surface area contributed by atoms with Crippen molar-refractivity contribution in [1.82, 2.24) is 0 Å². The fraction of sp³-hybridized carbons (Fsp3) is 0.333. The molecular weight excluding hydrogens is 174 g/mol. The van der Waals surface area contributed by atoms with Gasteiger partial charge in [-0.1, -0.05) is 18.5 Å². The molecule has 0 radical (unpaired) electrons. The Bertz CT molecular complexity index is 263. The van der Waals surface area contributed by atoms with Crippen LogP contribution < -0.4 is 5.32 Å². The quantitative estimate of drug-likeness (QED) is 0.710. The minimum Gasteiger partial charge on any atom is -0.506 e. The van der Waals surface area contributed by atoms with E-state index in [4.69, 9.17) is 16.7 Å². The van der Waals surface area contributed by atoms with Crippen molar-refractivity contribution in [2.24, 2.45) is 0 Å². The maximum atomic E-state index is 9.11. The molecule has 12 heavy (non-hydrogen) atoms. The van der Waals surface area contributed by atoms with Gasteiger partial charge in [0.05, 0.1) is 5.02 Å². The van der Waals surface area contributed by atoms with Crippen LogP contribution in [0.3, 0.4) is 0 Å². The molecule has 0 fully saturated rings. The van der Waals surface area contributed by atoms with Gasteiger partial charge in [0.25, 0.3) is 0 Å². The molecule has 0 bridgehead atoms. The van der Waals surface area contributed by atoms with Crippen molar-refractivity contribution >= 4 is 17.3 Å².